The summed E-state index contributed by atoms with van der Waals surface area (Å²) in [6.07, 6.45) is 0. The van der Waals surface area contributed by atoms with E-state index in [0.29, 0.717) is 21.3 Å². The molecular formula is C15H12Cl2N2O2. The van der Waals surface area contributed by atoms with Crippen LogP contribution in [-0.2, 0) is 0 Å². The lowest BCUT2D eigenvalue weighted by Gasteiger charge is -2.08. The summed E-state index contributed by atoms with van der Waals surface area (Å²) in [4.78, 5) is 23.7. The Labute approximate surface area is 132 Å². The normalized spacial score (nSPS) is 10.0. The molecule has 0 aliphatic heterocycles. The minimum atomic E-state index is -0.392. The van der Waals surface area contributed by atoms with E-state index in [-0.39, 0.29) is 11.5 Å². The molecule has 0 aliphatic carbocycles. The highest BCUT2D eigenvalue weighted by Crippen LogP contribution is 2.22. The zero-order valence-corrected chi connectivity index (χ0v) is 12.6. The maximum atomic E-state index is 12.2. The first-order chi connectivity index (χ1) is 10.0. The minimum Gasteiger partial charge on any atom is -0.355 e. The van der Waals surface area contributed by atoms with E-state index in [0.717, 1.165) is 0 Å². The van der Waals surface area contributed by atoms with Crippen LogP contribution in [0.4, 0.5) is 5.69 Å². The maximum Gasteiger partial charge on any atom is 0.257 e. The van der Waals surface area contributed by atoms with Crippen molar-refractivity contribution in [2.24, 2.45) is 0 Å². The van der Waals surface area contributed by atoms with Crippen molar-refractivity contribution < 1.29 is 9.59 Å². The largest absolute Gasteiger partial charge is 0.355 e. The van der Waals surface area contributed by atoms with Crippen LogP contribution in [0.1, 0.15) is 20.7 Å². The van der Waals surface area contributed by atoms with Gasteiger partial charge in [-0.05, 0) is 36.4 Å². The molecule has 21 heavy (non-hydrogen) atoms. The molecule has 0 radical (unpaired) electrons. The van der Waals surface area contributed by atoms with E-state index < -0.39 is 5.91 Å². The molecule has 6 heteroatoms. The first-order valence-corrected chi connectivity index (χ1v) is 6.85. The molecule has 0 spiro atoms. The van der Waals surface area contributed by atoms with Gasteiger partial charge in [-0.25, -0.2) is 0 Å². The van der Waals surface area contributed by atoms with Gasteiger partial charge < -0.3 is 10.6 Å². The Morgan fingerprint density at radius 2 is 1.76 bits per heavy atom. The lowest BCUT2D eigenvalue weighted by molar-refractivity contribution is 0.0961. The van der Waals surface area contributed by atoms with Crippen molar-refractivity contribution in [2.45, 2.75) is 0 Å². The molecule has 2 aromatic rings. The second-order valence-electron chi connectivity index (χ2n) is 4.24. The molecule has 2 rings (SSSR count). The average Bonchev–Trinajstić information content (AvgIpc) is 2.49. The van der Waals surface area contributed by atoms with E-state index in [1.54, 1.807) is 43.4 Å². The quantitative estimate of drug-likeness (QED) is 0.907. The molecule has 0 aliphatic rings. The molecule has 0 fully saturated rings. The summed E-state index contributed by atoms with van der Waals surface area (Å²) in [5.74, 6) is -0.622. The van der Waals surface area contributed by atoms with Gasteiger partial charge in [0.1, 0.15) is 0 Å². The van der Waals surface area contributed by atoms with Crippen LogP contribution in [0.25, 0.3) is 0 Å². The van der Waals surface area contributed by atoms with Crippen molar-refractivity contribution in [1.82, 2.24) is 5.32 Å². The molecular weight excluding hydrogens is 311 g/mol. The van der Waals surface area contributed by atoms with Crippen molar-refractivity contribution in [3.05, 3.63) is 63.6 Å². The molecule has 0 saturated heterocycles. The van der Waals surface area contributed by atoms with Crippen LogP contribution in [-0.4, -0.2) is 18.9 Å². The van der Waals surface area contributed by atoms with E-state index in [4.69, 9.17) is 23.2 Å². The predicted molar refractivity (Wildman–Crippen MR) is 84.2 cm³/mol. The van der Waals surface area contributed by atoms with Crippen molar-refractivity contribution in [3.63, 3.8) is 0 Å². The van der Waals surface area contributed by atoms with Gasteiger partial charge in [0.2, 0.25) is 0 Å². The summed E-state index contributed by atoms with van der Waals surface area (Å²) in [7, 11) is 1.54. The number of hydrogen-bond donors (Lipinski definition) is 2. The zero-order chi connectivity index (χ0) is 15.4. The summed E-state index contributed by atoms with van der Waals surface area (Å²) in [6.45, 7) is 0. The number of hydrogen-bond acceptors (Lipinski definition) is 2. The number of carbonyl (C=O) groups excluding carboxylic acids is 2. The number of anilines is 1. The number of halogens is 2. The van der Waals surface area contributed by atoms with Gasteiger partial charge in [-0.15, -0.1) is 0 Å². The smallest absolute Gasteiger partial charge is 0.257 e. The van der Waals surface area contributed by atoms with Gasteiger partial charge in [-0.1, -0.05) is 29.3 Å². The molecule has 108 valence electrons. The molecule has 0 unspecified atom stereocenters. The highest BCUT2D eigenvalue weighted by molar-refractivity contribution is 6.36. The van der Waals surface area contributed by atoms with Gasteiger partial charge in [0.05, 0.1) is 10.6 Å². The van der Waals surface area contributed by atoms with E-state index >= 15 is 0 Å². The fourth-order valence-corrected chi connectivity index (χ4v) is 2.13. The number of rotatable bonds is 3. The van der Waals surface area contributed by atoms with E-state index in [1.807, 2.05) is 0 Å². The van der Waals surface area contributed by atoms with Gasteiger partial charge in [0, 0.05) is 23.3 Å². The Morgan fingerprint density at radius 3 is 2.48 bits per heavy atom. The highest BCUT2D eigenvalue weighted by atomic mass is 35.5. The molecule has 0 saturated carbocycles. The second kappa shape index (κ2) is 6.61. The molecule has 0 bridgehead atoms. The Balaban J connectivity index is 2.23. The Morgan fingerprint density at radius 1 is 1.00 bits per heavy atom. The predicted octanol–water partition coefficient (Wildman–Crippen LogP) is 3.61. The monoisotopic (exact) mass is 322 g/mol. The standard InChI is InChI=1S/C15H12Cl2N2O2/c1-18-14(20)9-3-2-4-11(7-9)19-15(21)12-8-10(16)5-6-13(12)17/h2-8H,1H3,(H,18,20)(H,19,21). The van der Waals surface area contributed by atoms with Gasteiger partial charge in [-0.2, -0.15) is 0 Å². The lowest BCUT2D eigenvalue weighted by Crippen LogP contribution is -2.18. The molecule has 0 atom stereocenters. The summed E-state index contributed by atoms with van der Waals surface area (Å²) >= 11 is 11.8. The van der Waals surface area contributed by atoms with Crippen LogP contribution in [0.2, 0.25) is 10.0 Å². The molecule has 2 aromatic carbocycles. The molecule has 0 aromatic heterocycles. The fraction of sp³-hybridized carbons (Fsp3) is 0.0667. The summed E-state index contributed by atoms with van der Waals surface area (Å²) in [6, 6.07) is 11.2. The van der Waals surface area contributed by atoms with Crippen molar-refractivity contribution >= 4 is 40.7 Å². The van der Waals surface area contributed by atoms with E-state index in [1.165, 1.54) is 6.07 Å². The number of carbonyl (C=O) groups is 2. The highest BCUT2D eigenvalue weighted by Gasteiger charge is 2.12. The number of nitrogens with one attached hydrogen (secondary N) is 2. The van der Waals surface area contributed by atoms with Crippen molar-refractivity contribution in [3.8, 4) is 0 Å². The number of amides is 2. The third-order valence-electron chi connectivity index (χ3n) is 2.78. The topological polar surface area (TPSA) is 58.2 Å². The number of benzene rings is 2. The lowest BCUT2D eigenvalue weighted by atomic mass is 10.1. The van der Waals surface area contributed by atoms with Gasteiger partial charge in [0.25, 0.3) is 11.8 Å². The van der Waals surface area contributed by atoms with Crippen LogP contribution < -0.4 is 10.6 Å². The van der Waals surface area contributed by atoms with Crippen LogP contribution in [0.5, 0.6) is 0 Å². The van der Waals surface area contributed by atoms with Crippen LogP contribution in [0.15, 0.2) is 42.5 Å². The van der Waals surface area contributed by atoms with Gasteiger partial charge in [-0.3, -0.25) is 9.59 Å². The Bertz CT molecular complexity index is 702. The van der Waals surface area contributed by atoms with E-state index in [9.17, 15) is 9.59 Å². The first kappa shape index (κ1) is 15.4. The third kappa shape index (κ3) is 3.74. The zero-order valence-electron chi connectivity index (χ0n) is 11.1. The average molecular weight is 323 g/mol. The summed E-state index contributed by atoms with van der Waals surface area (Å²) in [5.41, 5.74) is 1.22. The van der Waals surface area contributed by atoms with Gasteiger partial charge >= 0.3 is 0 Å². The maximum absolute atomic E-state index is 12.2. The molecule has 0 heterocycles. The van der Waals surface area contributed by atoms with E-state index in [2.05, 4.69) is 10.6 Å². The van der Waals surface area contributed by atoms with Crippen LogP contribution in [0.3, 0.4) is 0 Å². The summed E-state index contributed by atoms with van der Waals surface area (Å²) < 4.78 is 0. The Hall–Kier alpha value is -2.04. The third-order valence-corrected chi connectivity index (χ3v) is 3.35. The van der Waals surface area contributed by atoms with Crippen molar-refractivity contribution in [2.75, 3.05) is 12.4 Å². The molecule has 4 nitrogen and oxygen atoms in total. The fourth-order valence-electron chi connectivity index (χ4n) is 1.75. The van der Waals surface area contributed by atoms with Crippen LogP contribution >= 0.6 is 23.2 Å². The molecule has 2 N–H and O–H groups in total. The molecule has 2 amide bonds. The SMILES string of the molecule is CNC(=O)c1cccc(NC(=O)c2cc(Cl)ccc2Cl)c1. The van der Waals surface area contributed by atoms with Crippen molar-refractivity contribution in [1.29, 1.82) is 0 Å². The minimum absolute atomic E-state index is 0.230. The van der Waals surface area contributed by atoms with Gasteiger partial charge in [0.15, 0.2) is 0 Å². The van der Waals surface area contributed by atoms with Crippen LogP contribution in [0, 0.1) is 0 Å². The summed E-state index contributed by atoms with van der Waals surface area (Å²) in [5, 5.41) is 5.93. The Kier molecular flexibility index (Phi) is 4.83. The second-order valence-corrected chi connectivity index (χ2v) is 5.08. The first-order valence-electron chi connectivity index (χ1n) is 6.10.